The number of carbonyl (C=O) groups is 1. The van der Waals surface area contributed by atoms with Gasteiger partial charge >= 0.3 is 0 Å². The van der Waals surface area contributed by atoms with Crippen molar-refractivity contribution in [3.8, 4) is 0 Å². The first-order valence-corrected chi connectivity index (χ1v) is 12.8. The molecule has 0 amide bonds. The van der Waals surface area contributed by atoms with Crippen LogP contribution in [0.2, 0.25) is 5.02 Å². The van der Waals surface area contributed by atoms with Crippen molar-refractivity contribution in [2.45, 2.75) is 69.9 Å². The lowest BCUT2D eigenvalue weighted by molar-refractivity contribution is -0.520. The number of rotatable bonds is 1. The van der Waals surface area contributed by atoms with E-state index in [9.17, 15) is 15.0 Å². The number of Topliss-reactive ketones (excluding diaryl/α,β-unsaturated/α-hetero) is 1. The van der Waals surface area contributed by atoms with Crippen LogP contribution in [0.25, 0.3) is 0 Å². The van der Waals surface area contributed by atoms with E-state index in [-0.39, 0.29) is 35.6 Å². The highest BCUT2D eigenvalue weighted by Crippen LogP contribution is 2.79. The third-order valence-electron chi connectivity index (χ3n) is 10.5. The predicted octanol–water partition coefficient (Wildman–Crippen LogP) is 3.79. The molecule has 7 aliphatic rings. The highest BCUT2D eigenvalue weighted by Gasteiger charge is 2.89. The summed E-state index contributed by atoms with van der Waals surface area (Å²) in [6.45, 7) is 8.77. The average Bonchev–Trinajstić information content (AvgIpc) is 2.94. The Morgan fingerprint density at radius 1 is 1.12 bits per heavy atom. The topological polar surface area (TPSA) is 85.2 Å². The largest absolute Gasteiger partial charge is 0.392 e. The van der Waals surface area contributed by atoms with Gasteiger partial charge in [0.2, 0.25) is 5.79 Å². The van der Waals surface area contributed by atoms with Crippen LogP contribution >= 0.6 is 11.6 Å². The van der Waals surface area contributed by atoms with Crippen molar-refractivity contribution in [3.63, 3.8) is 0 Å². The molecule has 1 aromatic carbocycles. The van der Waals surface area contributed by atoms with Crippen LogP contribution in [0.1, 0.15) is 51.4 Å². The molecule has 8 rings (SSSR count). The third kappa shape index (κ3) is 2.14. The number of carbonyl (C=O) groups excluding carboxylic acids is 1. The standard InChI is InChI=1S/C27H31ClO6/c1-13-16-8-9-17-25-12-32-27(21(31)19(25)24(2,3)11-10-18(25)29)26(17,20(13)30)22(16)33-23(34-27)14-4-6-15(28)7-5-14/h4-7,16-19,21-23,29,31H,1,8-12H2,2-3H3/t16-,17-,18-,19+,21-,22+,23?,25+,26-,27+/m0/s1. The number of benzene rings is 1. The second-order valence-electron chi connectivity index (χ2n) is 12.1. The maximum absolute atomic E-state index is 14.2. The van der Waals surface area contributed by atoms with E-state index in [1.165, 1.54) is 0 Å². The zero-order chi connectivity index (χ0) is 23.8. The Hall–Kier alpha value is -1.28. The van der Waals surface area contributed by atoms with Gasteiger partial charge in [-0.15, -0.1) is 0 Å². The highest BCUT2D eigenvalue weighted by molar-refractivity contribution is 6.30. The lowest BCUT2D eigenvalue weighted by Gasteiger charge is -2.77. The molecule has 7 fully saturated rings. The maximum atomic E-state index is 14.2. The minimum absolute atomic E-state index is 0.119. The monoisotopic (exact) mass is 486 g/mol. The molecule has 34 heavy (non-hydrogen) atoms. The number of halogens is 1. The smallest absolute Gasteiger partial charge is 0.213 e. The summed E-state index contributed by atoms with van der Waals surface area (Å²) in [5, 5.41) is 24.3. The second-order valence-corrected chi connectivity index (χ2v) is 12.5. The Morgan fingerprint density at radius 3 is 2.59 bits per heavy atom. The minimum atomic E-state index is -1.55. The van der Waals surface area contributed by atoms with Crippen molar-refractivity contribution < 1.29 is 29.2 Å². The van der Waals surface area contributed by atoms with Crippen molar-refractivity contribution in [2.75, 3.05) is 6.61 Å². The van der Waals surface area contributed by atoms with Crippen LogP contribution in [0, 0.1) is 34.0 Å². The number of aliphatic hydroxyl groups is 2. The van der Waals surface area contributed by atoms with Crippen molar-refractivity contribution in [1.82, 2.24) is 0 Å². The first-order chi connectivity index (χ1) is 16.1. The summed E-state index contributed by atoms with van der Waals surface area (Å²) >= 11 is 6.12. The molecule has 182 valence electrons. The van der Waals surface area contributed by atoms with Crippen LogP contribution in [0.15, 0.2) is 36.4 Å². The second kappa shape index (κ2) is 6.53. The quantitative estimate of drug-likeness (QED) is 0.587. The fourth-order valence-electron chi connectivity index (χ4n) is 9.33. The summed E-state index contributed by atoms with van der Waals surface area (Å²) in [4.78, 5) is 14.2. The molecular weight excluding hydrogens is 456 g/mol. The molecule has 1 unspecified atom stereocenters. The van der Waals surface area contributed by atoms with Crippen molar-refractivity contribution in [1.29, 1.82) is 0 Å². The highest BCUT2D eigenvalue weighted by atomic mass is 35.5. The fraction of sp³-hybridized carbons (Fsp3) is 0.667. The zero-order valence-electron chi connectivity index (χ0n) is 19.5. The minimum Gasteiger partial charge on any atom is -0.392 e. The molecule has 3 aliphatic heterocycles. The summed E-state index contributed by atoms with van der Waals surface area (Å²) in [5.74, 6) is -2.31. The summed E-state index contributed by atoms with van der Waals surface area (Å²) < 4.78 is 19.8. The van der Waals surface area contributed by atoms with E-state index in [2.05, 4.69) is 20.4 Å². The Morgan fingerprint density at radius 2 is 1.85 bits per heavy atom. The summed E-state index contributed by atoms with van der Waals surface area (Å²) in [6, 6.07) is 7.24. The molecule has 7 heteroatoms. The molecule has 0 radical (unpaired) electrons. The molecule has 4 saturated carbocycles. The zero-order valence-corrected chi connectivity index (χ0v) is 20.3. The molecule has 4 bridgehead atoms. The molecule has 1 aromatic rings. The molecule has 3 spiro atoms. The van der Waals surface area contributed by atoms with Crippen LogP contribution in [-0.4, -0.2) is 46.7 Å². The van der Waals surface area contributed by atoms with Gasteiger partial charge in [0.1, 0.15) is 11.5 Å². The van der Waals surface area contributed by atoms with E-state index in [1.807, 2.05) is 12.1 Å². The van der Waals surface area contributed by atoms with E-state index >= 15 is 0 Å². The summed E-state index contributed by atoms with van der Waals surface area (Å²) in [7, 11) is 0. The van der Waals surface area contributed by atoms with Crippen LogP contribution in [-0.2, 0) is 19.0 Å². The number of ether oxygens (including phenoxy) is 3. The number of fused-ring (bicyclic) bond motifs is 1. The molecule has 10 atom stereocenters. The van der Waals surface area contributed by atoms with Gasteiger partial charge in [0.25, 0.3) is 0 Å². The van der Waals surface area contributed by atoms with Gasteiger partial charge in [-0.05, 0) is 54.7 Å². The lowest BCUT2D eigenvalue weighted by Crippen LogP contribution is -2.87. The predicted molar refractivity (Wildman–Crippen MR) is 123 cm³/mol. The number of hydrogen-bond donors (Lipinski definition) is 2. The fourth-order valence-corrected chi connectivity index (χ4v) is 9.45. The first kappa shape index (κ1) is 22.0. The summed E-state index contributed by atoms with van der Waals surface area (Å²) in [6.07, 6.45) is -0.149. The third-order valence-corrected chi connectivity index (χ3v) is 10.8. The van der Waals surface area contributed by atoms with Gasteiger partial charge in [-0.3, -0.25) is 4.79 Å². The number of aliphatic hydroxyl groups excluding tert-OH is 2. The van der Waals surface area contributed by atoms with Crippen molar-refractivity contribution >= 4 is 17.4 Å². The molecule has 4 aliphatic carbocycles. The van der Waals surface area contributed by atoms with E-state index in [0.717, 1.165) is 24.8 Å². The van der Waals surface area contributed by atoms with E-state index in [4.69, 9.17) is 25.8 Å². The maximum Gasteiger partial charge on any atom is 0.213 e. The molecule has 3 saturated heterocycles. The molecule has 6 nitrogen and oxygen atoms in total. The Kier molecular flexibility index (Phi) is 4.22. The van der Waals surface area contributed by atoms with Gasteiger partial charge in [0.15, 0.2) is 12.1 Å². The summed E-state index contributed by atoms with van der Waals surface area (Å²) in [5.41, 5.74) is -0.896. The Labute approximate surface area is 204 Å². The van der Waals surface area contributed by atoms with Gasteiger partial charge in [-0.1, -0.05) is 44.2 Å². The van der Waals surface area contributed by atoms with Gasteiger partial charge in [-0.2, -0.15) is 0 Å². The van der Waals surface area contributed by atoms with Crippen LogP contribution in [0.5, 0.6) is 0 Å². The van der Waals surface area contributed by atoms with Gasteiger partial charge < -0.3 is 24.4 Å². The SMILES string of the molecule is C=C1C(=O)[C@@]23[C@@H]4OC(c5ccc(Cl)cc5)O[C@@]25OC[C@@]2([C@H]([C@@H]5O)C(C)(C)CC[C@@H]2O)[C@@H]3CC[C@@H]14. The van der Waals surface area contributed by atoms with Gasteiger partial charge in [0, 0.05) is 27.8 Å². The molecular formula is C27H31ClO6. The number of ketones is 1. The van der Waals surface area contributed by atoms with E-state index < -0.39 is 41.2 Å². The number of hydrogen-bond acceptors (Lipinski definition) is 6. The lowest BCUT2D eigenvalue weighted by atomic mass is 9.35. The molecule has 3 heterocycles. The molecule has 0 aromatic heterocycles. The van der Waals surface area contributed by atoms with E-state index in [1.54, 1.807) is 12.1 Å². The Balaban J connectivity index is 1.47. The first-order valence-electron chi connectivity index (χ1n) is 12.4. The van der Waals surface area contributed by atoms with Crippen molar-refractivity contribution in [2.24, 2.45) is 34.0 Å². The van der Waals surface area contributed by atoms with Crippen LogP contribution in [0.4, 0.5) is 0 Å². The van der Waals surface area contributed by atoms with Crippen LogP contribution in [0.3, 0.4) is 0 Å². The van der Waals surface area contributed by atoms with Crippen molar-refractivity contribution in [3.05, 3.63) is 47.0 Å². The normalized spacial score (nSPS) is 52.3. The van der Waals surface area contributed by atoms with Gasteiger partial charge in [-0.25, -0.2) is 0 Å². The average molecular weight is 487 g/mol. The van der Waals surface area contributed by atoms with Gasteiger partial charge in [0.05, 0.1) is 18.8 Å². The Bertz CT molecular complexity index is 1100. The van der Waals surface area contributed by atoms with E-state index in [0.29, 0.717) is 17.0 Å². The molecule has 2 N–H and O–H groups in total. The van der Waals surface area contributed by atoms with Crippen LogP contribution < -0.4 is 0 Å².